The van der Waals surface area contributed by atoms with Gasteiger partial charge in [0.05, 0.1) is 26.9 Å². The maximum Gasteiger partial charge on any atom is 0.251 e. The summed E-state index contributed by atoms with van der Waals surface area (Å²) in [6.45, 7) is 6.72. The maximum atomic E-state index is 12.5. The van der Waals surface area contributed by atoms with Gasteiger partial charge in [-0.3, -0.25) is 4.79 Å². The highest BCUT2D eigenvalue weighted by Gasteiger charge is 2.13. The molecule has 1 amide bonds. The van der Waals surface area contributed by atoms with E-state index in [-0.39, 0.29) is 12.0 Å². The number of amides is 1. The average molecular weight is 373 g/mol. The Labute approximate surface area is 160 Å². The van der Waals surface area contributed by atoms with E-state index in [1.54, 1.807) is 32.4 Å². The topological polar surface area (TPSA) is 66.0 Å². The van der Waals surface area contributed by atoms with Gasteiger partial charge in [0.25, 0.3) is 5.91 Å². The lowest BCUT2D eigenvalue weighted by Gasteiger charge is -2.15. The lowest BCUT2D eigenvalue weighted by atomic mass is 10.1. The number of methoxy groups -OCH3 is 2. The van der Waals surface area contributed by atoms with Crippen LogP contribution in [0.2, 0.25) is 0 Å². The Morgan fingerprint density at radius 3 is 2.26 bits per heavy atom. The van der Waals surface area contributed by atoms with Crippen LogP contribution in [-0.4, -0.2) is 32.8 Å². The van der Waals surface area contributed by atoms with Crippen LogP contribution in [0.25, 0.3) is 0 Å². The Balaban J connectivity index is 2.07. The van der Waals surface area contributed by atoms with Gasteiger partial charge in [-0.2, -0.15) is 0 Å². The Hall–Kier alpha value is -2.89. The van der Waals surface area contributed by atoms with Gasteiger partial charge >= 0.3 is 0 Å². The molecule has 2 rings (SSSR count). The summed E-state index contributed by atoms with van der Waals surface area (Å²) in [5, 5.41) is 2.90. The molecule has 0 saturated carbocycles. The zero-order valence-electron chi connectivity index (χ0n) is 16.5. The predicted octanol–water partition coefficient (Wildman–Crippen LogP) is 3.82. The Kier molecular flexibility index (Phi) is 7.34. The van der Waals surface area contributed by atoms with Crippen molar-refractivity contribution in [3.05, 3.63) is 47.5 Å². The van der Waals surface area contributed by atoms with Gasteiger partial charge in [-0.1, -0.05) is 6.07 Å². The summed E-state index contributed by atoms with van der Waals surface area (Å²) in [6, 6.07) is 10.7. The summed E-state index contributed by atoms with van der Waals surface area (Å²) in [6.07, 6.45) is 0.0215. The summed E-state index contributed by atoms with van der Waals surface area (Å²) in [4.78, 5) is 12.5. The summed E-state index contributed by atoms with van der Waals surface area (Å²) < 4.78 is 21.8. The molecule has 0 saturated heterocycles. The molecule has 6 heteroatoms. The zero-order chi connectivity index (χ0) is 19.8. The second-order valence-corrected chi connectivity index (χ2v) is 6.13. The Bertz CT molecular complexity index is 773. The number of hydrogen-bond acceptors (Lipinski definition) is 5. The summed E-state index contributed by atoms with van der Waals surface area (Å²) in [5.74, 6) is 2.26. The van der Waals surface area contributed by atoms with Crippen molar-refractivity contribution in [2.75, 3.05) is 20.8 Å². The fraction of sp³-hybridized carbons (Fsp3) is 0.381. The van der Waals surface area contributed by atoms with Gasteiger partial charge < -0.3 is 24.3 Å². The standard InChI is InChI=1S/C21H27NO5/c1-6-26-17-9-7-15(11-19(17)24-4)13-22-21(23)16-8-10-18(27-14(2)3)20(12-16)25-5/h7-12,14H,6,13H2,1-5H3,(H,22,23). The molecule has 2 aromatic rings. The molecule has 0 radical (unpaired) electrons. The molecule has 0 aliphatic heterocycles. The molecule has 0 unspecified atom stereocenters. The number of ether oxygens (including phenoxy) is 4. The molecule has 6 nitrogen and oxygen atoms in total. The minimum atomic E-state index is -0.197. The first-order valence-electron chi connectivity index (χ1n) is 8.91. The van der Waals surface area contributed by atoms with Gasteiger partial charge in [0, 0.05) is 12.1 Å². The number of carbonyl (C=O) groups excluding carboxylic acids is 1. The molecule has 0 aromatic heterocycles. The number of nitrogens with one attached hydrogen (secondary N) is 1. The van der Waals surface area contributed by atoms with Crippen molar-refractivity contribution in [2.45, 2.75) is 33.4 Å². The molecule has 0 aliphatic carbocycles. The third-order valence-electron chi connectivity index (χ3n) is 3.77. The maximum absolute atomic E-state index is 12.5. The first-order chi connectivity index (χ1) is 13.0. The molecule has 0 atom stereocenters. The van der Waals surface area contributed by atoms with Crippen LogP contribution in [0.15, 0.2) is 36.4 Å². The minimum absolute atomic E-state index is 0.0215. The van der Waals surface area contributed by atoms with Gasteiger partial charge in [0.15, 0.2) is 23.0 Å². The van der Waals surface area contributed by atoms with E-state index in [4.69, 9.17) is 18.9 Å². The SMILES string of the molecule is CCOc1ccc(CNC(=O)c2ccc(OC(C)C)c(OC)c2)cc1OC. The van der Waals surface area contributed by atoms with Crippen molar-refractivity contribution in [1.82, 2.24) is 5.32 Å². The van der Waals surface area contributed by atoms with E-state index < -0.39 is 0 Å². The van der Waals surface area contributed by atoms with Crippen LogP contribution in [-0.2, 0) is 6.54 Å². The zero-order valence-corrected chi connectivity index (χ0v) is 16.5. The van der Waals surface area contributed by atoms with Crippen LogP contribution in [0.5, 0.6) is 23.0 Å². The lowest BCUT2D eigenvalue weighted by Crippen LogP contribution is -2.23. The van der Waals surface area contributed by atoms with Crippen molar-refractivity contribution < 1.29 is 23.7 Å². The second-order valence-electron chi connectivity index (χ2n) is 6.13. The van der Waals surface area contributed by atoms with Crippen LogP contribution in [0.4, 0.5) is 0 Å². The van der Waals surface area contributed by atoms with Gasteiger partial charge in [-0.15, -0.1) is 0 Å². The molecule has 0 heterocycles. The van der Waals surface area contributed by atoms with Gasteiger partial charge in [-0.25, -0.2) is 0 Å². The summed E-state index contributed by atoms with van der Waals surface area (Å²) in [7, 11) is 3.14. The van der Waals surface area contributed by atoms with Gasteiger partial charge in [0.1, 0.15) is 0 Å². The third kappa shape index (κ3) is 5.54. The monoisotopic (exact) mass is 373 g/mol. The molecular weight excluding hydrogens is 346 g/mol. The molecule has 0 spiro atoms. The second kappa shape index (κ2) is 9.71. The van der Waals surface area contributed by atoms with Crippen molar-refractivity contribution in [3.63, 3.8) is 0 Å². The minimum Gasteiger partial charge on any atom is -0.493 e. The molecule has 2 aromatic carbocycles. The quantitative estimate of drug-likeness (QED) is 0.724. The van der Waals surface area contributed by atoms with Crippen LogP contribution in [0.3, 0.4) is 0 Å². The van der Waals surface area contributed by atoms with E-state index in [2.05, 4.69) is 5.32 Å². The molecule has 27 heavy (non-hydrogen) atoms. The van der Waals surface area contributed by atoms with Crippen LogP contribution in [0, 0.1) is 0 Å². The van der Waals surface area contributed by atoms with E-state index in [1.165, 1.54) is 0 Å². The first kappa shape index (κ1) is 20.4. The smallest absolute Gasteiger partial charge is 0.251 e. The number of hydrogen-bond donors (Lipinski definition) is 1. The van der Waals surface area contributed by atoms with E-state index in [0.717, 1.165) is 5.56 Å². The molecule has 0 bridgehead atoms. The highest BCUT2D eigenvalue weighted by Crippen LogP contribution is 2.30. The van der Waals surface area contributed by atoms with Gasteiger partial charge in [0.2, 0.25) is 0 Å². The molecule has 0 aliphatic rings. The molecule has 146 valence electrons. The Morgan fingerprint density at radius 1 is 0.963 bits per heavy atom. The number of carbonyl (C=O) groups is 1. The van der Waals surface area contributed by atoms with Crippen molar-refractivity contribution in [3.8, 4) is 23.0 Å². The normalized spacial score (nSPS) is 10.4. The summed E-state index contributed by atoms with van der Waals surface area (Å²) in [5.41, 5.74) is 1.41. The third-order valence-corrected chi connectivity index (χ3v) is 3.77. The van der Waals surface area contributed by atoms with E-state index in [1.807, 2.05) is 39.0 Å². The fourth-order valence-electron chi connectivity index (χ4n) is 2.54. The average Bonchev–Trinajstić information content (AvgIpc) is 2.66. The van der Waals surface area contributed by atoms with Crippen LogP contribution >= 0.6 is 0 Å². The number of benzene rings is 2. The van der Waals surface area contributed by atoms with Crippen molar-refractivity contribution >= 4 is 5.91 Å². The van der Waals surface area contributed by atoms with Crippen LogP contribution < -0.4 is 24.3 Å². The van der Waals surface area contributed by atoms with E-state index in [0.29, 0.717) is 41.7 Å². The highest BCUT2D eigenvalue weighted by atomic mass is 16.5. The van der Waals surface area contributed by atoms with Crippen molar-refractivity contribution in [1.29, 1.82) is 0 Å². The first-order valence-corrected chi connectivity index (χ1v) is 8.91. The largest absolute Gasteiger partial charge is 0.493 e. The molecular formula is C21H27NO5. The van der Waals surface area contributed by atoms with Crippen molar-refractivity contribution in [2.24, 2.45) is 0 Å². The Morgan fingerprint density at radius 2 is 1.63 bits per heavy atom. The molecule has 0 fully saturated rings. The van der Waals surface area contributed by atoms with E-state index >= 15 is 0 Å². The predicted molar refractivity (Wildman–Crippen MR) is 104 cm³/mol. The van der Waals surface area contributed by atoms with E-state index in [9.17, 15) is 4.79 Å². The summed E-state index contributed by atoms with van der Waals surface area (Å²) >= 11 is 0. The van der Waals surface area contributed by atoms with Crippen LogP contribution in [0.1, 0.15) is 36.7 Å². The fourth-order valence-corrected chi connectivity index (χ4v) is 2.54. The van der Waals surface area contributed by atoms with Gasteiger partial charge in [-0.05, 0) is 56.7 Å². The molecule has 1 N–H and O–H groups in total. The highest BCUT2D eigenvalue weighted by molar-refractivity contribution is 5.94. The number of rotatable bonds is 9. The lowest BCUT2D eigenvalue weighted by molar-refractivity contribution is 0.0950.